The number of hydrogen-bond donors (Lipinski definition) is 4. The Morgan fingerprint density at radius 2 is 1.17 bits per heavy atom. The SMILES string of the molecule is CCCCCCOC(O)(OO)OC(OO)(OO)OCCCCCC. The van der Waals surface area contributed by atoms with Crippen LogP contribution in [-0.2, 0) is 28.9 Å². The van der Waals surface area contributed by atoms with Crippen LogP contribution in [0, 0.1) is 0 Å². The minimum atomic E-state index is -3.07. The van der Waals surface area contributed by atoms with Gasteiger partial charge in [0, 0.05) is 0 Å². The maximum Gasteiger partial charge on any atom is 0.472 e. The Labute approximate surface area is 141 Å². The highest BCUT2D eigenvalue weighted by Crippen LogP contribution is 2.25. The third-order valence-electron chi connectivity index (χ3n) is 3.15. The molecule has 0 rings (SSSR count). The van der Waals surface area contributed by atoms with Gasteiger partial charge in [0.25, 0.3) is 0 Å². The highest BCUT2D eigenvalue weighted by molar-refractivity contribution is 4.46. The van der Waals surface area contributed by atoms with E-state index >= 15 is 0 Å². The third-order valence-corrected chi connectivity index (χ3v) is 3.15. The molecule has 0 saturated carbocycles. The van der Waals surface area contributed by atoms with Crippen LogP contribution in [0.15, 0.2) is 0 Å². The summed E-state index contributed by atoms with van der Waals surface area (Å²) in [6.07, 6.45) is 0.655. The molecule has 1 atom stereocenters. The van der Waals surface area contributed by atoms with E-state index in [0.717, 1.165) is 38.5 Å². The molecule has 0 aliphatic carbocycles. The summed E-state index contributed by atoms with van der Waals surface area (Å²) >= 11 is 0. The predicted octanol–water partition coefficient (Wildman–Crippen LogP) is 2.88. The molecule has 0 aliphatic rings. The topological polar surface area (TPSA) is 136 Å². The second-order valence-electron chi connectivity index (χ2n) is 5.22. The van der Waals surface area contributed by atoms with Crippen LogP contribution < -0.4 is 0 Å². The molecule has 1 unspecified atom stereocenters. The van der Waals surface area contributed by atoms with Gasteiger partial charge in [0.1, 0.15) is 0 Å². The van der Waals surface area contributed by atoms with Crippen LogP contribution >= 0.6 is 0 Å². The zero-order valence-corrected chi connectivity index (χ0v) is 14.3. The number of unbranched alkanes of at least 4 members (excludes halogenated alkanes) is 6. The second-order valence-corrected chi connectivity index (χ2v) is 5.22. The van der Waals surface area contributed by atoms with Crippen LogP contribution in [0.1, 0.15) is 65.2 Å². The zero-order chi connectivity index (χ0) is 18.3. The first-order chi connectivity index (χ1) is 11.5. The summed E-state index contributed by atoms with van der Waals surface area (Å²) in [5.41, 5.74) is 0. The van der Waals surface area contributed by atoms with Gasteiger partial charge >= 0.3 is 12.3 Å². The van der Waals surface area contributed by atoms with Gasteiger partial charge in [-0.2, -0.15) is 0 Å². The van der Waals surface area contributed by atoms with E-state index < -0.39 is 12.3 Å². The molecule has 24 heavy (non-hydrogen) atoms. The fourth-order valence-corrected chi connectivity index (χ4v) is 1.82. The number of rotatable bonds is 17. The standard InChI is InChI=1S/C14H30O10/c1-3-5-7-9-11-19-13(15,22-16)21-14(23-17,24-18)20-12-10-8-6-4-2/h15-18H,3-12H2,1-2H3. The highest BCUT2D eigenvalue weighted by Gasteiger charge is 2.49. The average Bonchev–Trinajstić information content (AvgIpc) is 2.60. The summed E-state index contributed by atoms with van der Waals surface area (Å²) in [7, 11) is 0. The van der Waals surface area contributed by atoms with E-state index in [9.17, 15) is 5.11 Å². The Hall–Kier alpha value is -0.400. The van der Waals surface area contributed by atoms with E-state index in [1.165, 1.54) is 0 Å². The minimum Gasteiger partial charge on any atom is -0.317 e. The van der Waals surface area contributed by atoms with Crippen LogP contribution in [0.2, 0.25) is 0 Å². The lowest BCUT2D eigenvalue weighted by atomic mass is 10.2. The number of aliphatic hydroxyl groups is 1. The molecule has 0 fully saturated rings. The monoisotopic (exact) mass is 358 g/mol. The van der Waals surface area contributed by atoms with E-state index in [0.29, 0.717) is 12.8 Å². The lowest BCUT2D eigenvalue weighted by molar-refractivity contribution is -0.709. The van der Waals surface area contributed by atoms with Crippen LogP contribution in [0.4, 0.5) is 0 Å². The molecule has 10 heteroatoms. The van der Waals surface area contributed by atoms with Crippen molar-refractivity contribution in [2.24, 2.45) is 0 Å². The molecule has 0 aromatic heterocycles. The maximum absolute atomic E-state index is 9.84. The Bertz CT molecular complexity index is 287. The van der Waals surface area contributed by atoms with Gasteiger partial charge in [-0.1, -0.05) is 52.4 Å². The molecule has 0 spiro atoms. The van der Waals surface area contributed by atoms with Gasteiger partial charge in [-0.25, -0.2) is 20.5 Å². The second kappa shape index (κ2) is 13.8. The summed E-state index contributed by atoms with van der Waals surface area (Å²) in [6, 6.07) is 0. The highest BCUT2D eigenvalue weighted by atomic mass is 17.4. The summed E-state index contributed by atoms with van der Waals surface area (Å²) in [5, 5.41) is 36.3. The van der Waals surface area contributed by atoms with Crippen LogP contribution in [-0.4, -0.2) is 46.4 Å². The van der Waals surface area contributed by atoms with E-state index in [1.54, 1.807) is 0 Å². The van der Waals surface area contributed by atoms with Crippen molar-refractivity contribution in [1.82, 2.24) is 0 Å². The number of hydrogen-bond acceptors (Lipinski definition) is 10. The Balaban J connectivity index is 4.48. The summed E-state index contributed by atoms with van der Waals surface area (Å²) in [6.45, 7) is 3.97. The van der Waals surface area contributed by atoms with Gasteiger partial charge in [-0.15, -0.1) is 14.7 Å². The Kier molecular flexibility index (Phi) is 13.6. The molecule has 10 nitrogen and oxygen atoms in total. The summed E-state index contributed by atoms with van der Waals surface area (Å²) in [5.74, 6) is 0. The summed E-state index contributed by atoms with van der Waals surface area (Å²) < 4.78 is 14.3. The molecule has 4 N–H and O–H groups in total. The van der Waals surface area contributed by atoms with Gasteiger partial charge in [0.2, 0.25) is 0 Å². The van der Waals surface area contributed by atoms with E-state index in [4.69, 9.17) is 25.2 Å². The average molecular weight is 358 g/mol. The first-order valence-electron chi connectivity index (χ1n) is 8.19. The van der Waals surface area contributed by atoms with Crippen molar-refractivity contribution in [2.45, 2.75) is 77.5 Å². The Morgan fingerprint density at radius 3 is 1.58 bits per heavy atom. The van der Waals surface area contributed by atoms with Crippen molar-refractivity contribution in [2.75, 3.05) is 13.2 Å². The predicted molar refractivity (Wildman–Crippen MR) is 80.1 cm³/mol. The normalized spacial score (nSPS) is 14.8. The molecule has 0 aromatic carbocycles. The van der Waals surface area contributed by atoms with Crippen LogP contribution in [0.3, 0.4) is 0 Å². The van der Waals surface area contributed by atoms with Crippen LogP contribution in [0.5, 0.6) is 0 Å². The zero-order valence-electron chi connectivity index (χ0n) is 14.3. The van der Waals surface area contributed by atoms with Crippen molar-refractivity contribution in [3.63, 3.8) is 0 Å². The molecule has 0 aliphatic heterocycles. The van der Waals surface area contributed by atoms with Crippen molar-refractivity contribution >= 4 is 0 Å². The van der Waals surface area contributed by atoms with Gasteiger partial charge in [-0.3, -0.25) is 4.74 Å². The van der Waals surface area contributed by atoms with E-state index in [-0.39, 0.29) is 13.2 Å². The lowest BCUT2D eigenvalue weighted by Crippen LogP contribution is -2.52. The third kappa shape index (κ3) is 9.79. The lowest BCUT2D eigenvalue weighted by Gasteiger charge is -2.32. The molecule has 0 bridgehead atoms. The minimum absolute atomic E-state index is 0.0412. The molecule has 0 saturated heterocycles. The van der Waals surface area contributed by atoms with Crippen molar-refractivity contribution in [1.29, 1.82) is 0 Å². The Morgan fingerprint density at radius 1 is 0.667 bits per heavy atom. The first kappa shape index (κ1) is 23.6. The smallest absolute Gasteiger partial charge is 0.317 e. The largest absolute Gasteiger partial charge is 0.472 e. The molecule has 0 radical (unpaired) electrons. The molecule has 0 heterocycles. The summed E-state index contributed by atoms with van der Waals surface area (Å²) in [4.78, 5) is 11.3. The number of ether oxygens (including phenoxy) is 3. The fraction of sp³-hybridized carbons (Fsp3) is 1.00. The molecule has 0 amide bonds. The first-order valence-corrected chi connectivity index (χ1v) is 8.19. The van der Waals surface area contributed by atoms with Crippen LogP contribution in [0.25, 0.3) is 0 Å². The van der Waals surface area contributed by atoms with Gasteiger partial charge in [0.05, 0.1) is 13.2 Å². The quantitative estimate of drug-likeness (QED) is 0.133. The fourth-order valence-electron chi connectivity index (χ4n) is 1.82. The van der Waals surface area contributed by atoms with Gasteiger partial charge < -0.3 is 9.84 Å². The molecule has 146 valence electrons. The van der Waals surface area contributed by atoms with E-state index in [2.05, 4.69) is 19.4 Å². The van der Waals surface area contributed by atoms with E-state index in [1.807, 2.05) is 13.8 Å². The van der Waals surface area contributed by atoms with Crippen molar-refractivity contribution < 1.29 is 49.8 Å². The molecular weight excluding hydrogens is 328 g/mol. The van der Waals surface area contributed by atoms with Gasteiger partial charge in [-0.05, 0) is 12.8 Å². The van der Waals surface area contributed by atoms with Crippen molar-refractivity contribution in [3.8, 4) is 0 Å². The van der Waals surface area contributed by atoms with Gasteiger partial charge in [0.15, 0.2) is 0 Å². The maximum atomic E-state index is 9.84. The molecular formula is C14H30O10. The molecule has 0 aromatic rings. The van der Waals surface area contributed by atoms with Crippen molar-refractivity contribution in [3.05, 3.63) is 0 Å².